The summed E-state index contributed by atoms with van der Waals surface area (Å²) in [7, 11) is 0. The molecule has 0 radical (unpaired) electrons. The fourth-order valence-corrected chi connectivity index (χ4v) is 2.35. The van der Waals surface area contributed by atoms with Crippen molar-refractivity contribution in [3.8, 4) is 5.69 Å². The summed E-state index contributed by atoms with van der Waals surface area (Å²) in [4.78, 5) is 16.6. The van der Waals surface area contributed by atoms with Crippen LogP contribution in [0.1, 0.15) is 56.0 Å². The second-order valence-corrected chi connectivity index (χ2v) is 6.05. The maximum Gasteiger partial charge on any atom is 0.291 e. The molecule has 0 saturated heterocycles. The van der Waals surface area contributed by atoms with Crippen LogP contribution in [-0.2, 0) is 0 Å². The maximum absolute atomic E-state index is 14.1. The number of nitrogens with zero attached hydrogens (tertiary/aromatic N) is 3. The Kier molecular flexibility index (Phi) is 6.03. The molecule has 1 aromatic heterocycles. The van der Waals surface area contributed by atoms with E-state index in [4.69, 9.17) is 5.11 Å². The fourth-order valence-electron chi connectivity index (χ4n) is 2.35. The summed E-state index contributed by atoms with van der Waals surface area (Å²) in [6.07, 6.45) is 1.27. The highest BCUT2D eigenvalue weighted by molar-refractivity contribution is 5.90. The summed E-state index contributed by atoms with van der Waals surface area (Å²) in [5.74, 6) is -0.318. The fraction of sp³-hybridized carbons (Fsp3) is 0.471. The van der Waals surface area contributed by atoms with Gasteiger partial charge in [-0.3, -0.25) is 4.79 Å². The molecule has 0 aliphatic rings. The van der Waals surface area contributed by atoms with Gasteiger partial charge in [0.25, 0.3) is 5.91 Å². The maximum atomic E-state index is 14.1. The van der Waals surface area contributed by atoms with Crippen LogP contribution in [0.5, 0.6) is 0 Å². The van der Waals surface area contributed by atoms with Gasteiger partial charge in [-0.15, -0.1) is 5.10 Å². The van der Waals surface area contributed by atoms with Gasteiger partial charge in [0.15, 0.2) is 0 Å². The molecule has 0 spiro atoms. The van der Waals surface area contributed by atoms with E-state index in [2.05, 4.69) is 15.4 Å². The zero-order chi connectivity index (χ0) is 17.7. The van der Waals surface area contributed by atoms with E-state index in [9.17, 15) is 9.18 Å². The van der Waals surface area contributed by atoms with Crippen molar-refractivity contribution in [2.45, 2.75) is 45.6 Å². The molecule has 1 unspecified atom stereocenters. The highest BCUT2D eigenvalue weighted by Gasteiger charge is 2.21. The van der Waals surface area contributed by atoms with Crippen molar-refractivity contribution in [1.82, 2.24) is 20.1 Å². The number of hydrogen-bond donors (Lipinski definition) is 2. The van der Waals surface area contributed by atoms with Gasteiger partial charge in [0.05, 0.1) is 0 Å². The van der Waals surface area contributed by atoms with Gasteiger partial charge in [0, 0.05) is 18.6 Å². The highest BCUT2D eigenvalue weighted by Crippen LogP contribution is 2.19. The first kappa shape index (κ1) is 18.1. The summed E-state index contributed by atoms with van der Waals surface area (Å²) in [5, 5.41) is 15.8. The molecule has 0 saturated carbocycles. The summed E-state index contributed by atoms with van der Waals surface area (Å²) in [6.45, 7) is 5.75. The largest absolute Gasteiger partial charge is 0.396 e. The summed E-state index contributed by atoms with van der Waals surface area (Å²) in [6, 6.07) is 6.15. The number of para-hydroxylation sites is 1. The van der Waals surface area contributed by atoms with Crippen molar-refractivity contribution in [2.75, 3.05) is 6.61 Å². The van der Waals surface area contributed by atoms with Gasteiger partial charge in [-0.1, -0.05) is 26.0 Å². The third-order valence-corrected chi connectivity index (χ3v) is 3.61. The monoisotopic (exact) mass is 334 g/mol. The average molecular weight is 334 g/mol. The van der Waals surface area contributed by atoms with Gasteiger partial charge >= 0.3 is 0 Å². The molecule has 0 aliphatic carbocycles. The number of aromatic nitrogens is 3. The number of amides is 1. The van der Waals surface area contributed by atoms with Crippen LogP contribution >= 0.6 is 0 Å². The molecule has 1 aromatic carbocycles. The van der Waals surface area contributed by atoms with Crippen molar-refractivity contribution in [2.24, 2.45) is 0 Å². The molecule has 24 heavy (non-hydrogen) atoms. The molecule has 1 heterocycles. The highest BCUT2D eigenvalue weighted by atomic mass is 19.1. The predicted molar refractivity (Wildman–Crippen MR) is 88.7 cm³/mol. The van der Waals surface area contributed by atoms with Crippen molar-refractivity contribution in [3.05, 3.63) is 41.7 Å². The van der Waals surface area contributed by atoms with Gasteiger partial charge in [0.1, 0.15) is 17.3 Å². The Morgan fingerprint density at radius 2 is 2.04 bits per heavy atom. The molecule has 0 bridgehead atoms. The zero-order valence-electron chi connectivity index (χ0n) is 14.2. The van der Waals surface area contributed by atoms with Crippen LogP contribution in [0, 0.1) is 5.82 Å². The lowest BCUT2D eigenvalue weighted by atomic mass is 10.2. The molecule has 1 atom stereocenters. The van der Waals surface area contributed by atoms with Crippen LogP contribution < -0.4 is 5.32 Å². The lowest BCUT2D eigenvalue weighted by molar-refractivity contribution is 0.0926. The lowest BCUT2D eigenvalue weighted by Crippen LogP contribution is -2.33. The van der Waals surface area contributed by atoms with Gasteiger partial charge in [-0.05, 0) is 31.9 Å². The molecule has 0 aliphatic heterocycles. The standard InChI is InChI=1S/C17H23FN4O2/c1-11(2)16-20-15(17(24)19-12(3)7-6-10-23)21-22(16)14-9-5-4-8-13(14)18/h4-5,8-9,11-12,23H,6-7,10H2,1-3H3,(H,19,24). The van der Waals surface area contributed by atoms with Gasteiger partial charge in [0.2, 0.25) is 5.82 Å². The summed E-state index contributed by atoms with van der Waals surface area (Å²) in [5.41, 5.74) is 0.265. The number of carbonyl (C=O) groups excluding carboxylic acids is 1. The first-order valence-corrected chi connectivity index (χ1v) is 8.07. The number of aliphatic hydroxyl groups is 1. The Balaban J connectivity index is 2.29. The van der Waals surface area contributed by atoms with Gasteiger partial charge < -0.3 is 10.4 Å². The van der Waals surface area contributed by atoms with E-state index in [0.29, 0.717) is 18.7 Å². The Morgan fingerprint density at radius 3 is 2.67 bits per heavy atom. The SMILES string of the molecule is CC(CCCO)NC(=O)c1nc(C(C)C)n(-c2ccccc2F)n1. The van der Waals surface area contributed by atoms with Gasteiger partial charge in [-0.25, -0.2) is 14.1 Å². The van der Waals surface area contributed by atoms with E-state index >= 15 is 0 Å². The first-order valence-electron chi connectivity index (χ1n) is 8.07. The second kappa shape index (κ2) is 8.01. The molecule has 130 valence electrons. The molecular weight excluding hydrogens is 311 g/mol. The molecular formula is C17H23FN4O2. The third kappa shape index (κ3) is 4.17. The first-order chi connectivity index (χ1) is 11.4. The lowest BCUT2D eigenvalue weighted by Gasteiger charge is -2.11. The quantitative estimate of drug-likeness (QED) is 0.815. The van der Waals surface area contributed by atoms with Crippen molar-refractivity contribution in [3.63, 3.8) is 0 Å². The minimum absolute atomic E-state index is 0.0119. The van der Waals surface area contributed by atoms with Crippen LogP contribution in [-0.4, -0.2) is 38.4 Å². The number of carbonyl (C=O) groups is 1. The molecule has 2 rings (SSSR count). The van der Waals surface area contributed by atoms with Crippen LogP contribution in [0.25, 0.3) is 5.69 Å². The van der Waals surface area contributed by atoms with Gasteiger partial charge in [-0.2, -0.15) is 0 Å². The van der Waals surface area contributed by atoms with Crippen LogP contribution in [0.2, 0.25) is 0 Å². The summed E-state index contributed by atoms with van der Waals surface area (Å²) >= 11 is 0. The Bertz CT molecular complexity index is 700. The summed E-state index contributed by atoms with van der Waals surface area (Å²) < 4.78 is 15.4. The van der Waals surface area contributed by atoms with Crippen molar-refractivity contribution in [1.29, 1.82) is 0 Å². The van der Waals surface area contributed by atoms with E-state index in [0.717, 1.165) is 0 Å². The molecule has 0 fully saturated rings. The molecule has 1 amide bonds. The predicted octanol–water partition coefficient (Wildman–Crippen LogP) is 2.42. The molecule has 2 aromatic rings. The van der Waals surface area contributed by atoms with E-state index in [1.54, 1.807) is 18.2 Å². The third-order valence-electron chi connectivity index (χ3n) is 3.61. The number of nitrogens with one attached hydrogen (secondary N) is 1. The normalized spacial score (nSPS) is 12.4. The Labute approximate surface area is 140 Å². The number of hydrogen-bond acceptors (Lipinski definition) is 4. The van der Waals surface area contributed by atoms with E-state index in [1.165, 1.54) is 10.7 Å². The Morgan fingerprint density at radius 1 is 1.33 bits per heavy atom. The number of halogens is 1. The average Bonchev–Trinajstić information content (AvgIpc) is 2.98. The number of benzene rings is 1. The topological polar surface area (TPSA) is 80.0 Å². The smallest absolute Gasteiger partial charge is 0.291 e. The van der Waals surface area contributed by atoms with E-state index < -0.39 is 11.7 Å². The van der Waals surface area contributed by atoms with Crippen molar-refractivity contribution < 1.29 is 14.3 Å². The minimum Gasteiger partial charge on any atom is -0.396 e. The van der Waals surface area contributed by atoms with Crippen LogP contribution in [0.15, 0.2) is 24.3 Å². The zero-order valence-corrected chi connectivity index (χ0v) is 14.2. The molecule has 2 N–H and O–H groups in total. The number of aliphatic hydroxyl groups excluding tert-OH is 1. The number of rotatable bonds is 7. The second-order valence-electron chi connectivity index (χ2n) is 6.05. The van der Waals surface area contributed by atoms with Crippen LogP contribution in [0.4, 0.5) is 4.39 Å². The molecule has 6 nitrogen and oxygen atoms in total. The Hall–Kier alpha value is -2.28. The molecule has 7 heteroatoms. The van der Waals surface area contributed by atoms with Crippen LogP contribution in [0.3, 0.4) is 0 Å². The minimum atomic E-state index is -0.424. The van der Waals surface area contributed by atoms with E-state index in [-0.39, 0.29) is 30.1 Å². The van der Waals surface area contributed by atoms with E-state index in [1.807, 2.05) is 20.8 Å². The van der Waals surface area contributed by atoms with Crippen molar-refractivity contribution >= 4 is 5.91 Å².